The monoisotopic (exact) mass is 411 g/mol. The van der Waals surface area contributed by atoms with E-state index in [0.29, 0.717) is 0 Å². The van der Waals surface area contributed by atoms with E-state index in [2.05, 4.69) is 47.6 Å². The molecule has 0 spiro atoms. The SMILES string of the molecule is CC[N+](CC)(CC)CCOCCC(C)CCC=C(C)C.[I-]. The van der Waals surface area contributed by atoms with Crippen molar-refractivity contribution < 1.29 is 33.2 Å². The third-order valence-electron chi connectivity index (χ3n) is 4.69. The molecular weight excluding hydrogens is 373 g/mol. The summed E-state index contributed by atoms with van der Waals surface area (Å²) in [6, 6.07) is 0. The Labute approximate surface area is 150 Å². The molecular formula is C18H38INO. The molecule has 0 heterocycles. The standard InChI is InChI=1S/C18H38NO.HI/c1-7-19(8-2,9-3)14-16-20-15-13-18(6)12-10-11-17(4)5;/h11,18H,7-10,12-16H2,1-6H3;1H/q+1;/p-1. The number of halogens is 1. The third-order valence-corrected chi connectivity index (χ3v) is 4.69. The average Bonchev–Trinajstić information content (AvgIpc) is 2.43. The summed E-state index contributed by atoms with van der Waals surface area (Å²) in [6.07, 6.45) is 6.03. The van der Waals surface area contributed by atoms with Crippen LogP contribution >= 0.6 is 0 Å². The minimum Gasteiger partial charge on any atom is -1.00 e. The maximum atomic E-state index is 5.86. The first-order valence-electron chi connectivity index (χ1n) is 8.55. The van der Waals surface area contributed by atoms with Crippen LogP contribution in [-0.2, 0) is 4.74 Å². The first-order chi connectivity index (χ1) is 9.49. The minimum atomic E-state index is 0. The fourth-order valence-electron chi connectivity index (χ4n) is 2.59. The van der Waals surface area contributed by atoms with Gasteiger partial charge in [-0.15, -0.1) is 0 Å². The molecule has 0 aromatic rings. The number of rotatable bonds is 12. The van der Waals surface area contributed by atoms with E-state index in [-0.39, 0.29) is 24.0 Å². The summed E-state index contributed by atoms with van der Waals surface area (Å²) in [6.45, 7) is 20.2. The van der Waals surface area contributed by atoms with Crippen LogP contribution in [0.1, 0.15) is 60.8 Å². The Bertz CT molecular complexity index is 250. The number of likely N-dealkylation sites (N-methyl/N-ethyl adjacent to an activating group) is 1. The van der Waals surface area contributed by atoms with E-state index in [1.54, 1.807) is 0 Å². The molecule has 0 aliphatic carbocycles. The van der Waals surface area contributed by atoms with Crippen molar-refractivity contribution in [1.82, 2.24) is 0 Å². The summed E-state index contributed by atoms with van der Waals surface area (Å²) in [5.41, 5.74) is 1.43. The molecule has 128 valence electrons. The quantitative estimate of drug-likeness (QED) is 0.205. The molecule has 0 aromatic carbocycles. The summed E-state index contributed by atoms with van der Waals surface area (Å²) in [4.78, 5) is 0. The van der Waals surface area contributed by atoms with Gasteiger partial charge in [0.2, 0.25) is 0 Å². The molecule has 0 amide bonds. The average molecular weight is 411 g/mol. The predicted molar refractivity (Wildman–Crippen MR) is 90.0 cm³/mol. The van der Waals surface area contributed by atoms with Gasteiger partial charge in [0.25, 0.3) is 0 Å². The van der Waals surface area contributed by atoms with Crippen molar-refractivity contribution in [2.45, 2.75) is 60.8 Å². The van der Waals surface area contributed by atoms with E-state index in [0.717, 1.165) is 25.7 Å². The predicted octanol–water partition coefficient (Wildman–Crippen LogP) is 1.66. The van der Waals surface area contributed by atoms with Gasteiger partial charge >= 0.3 is 0 Å². The van der Waals surface area contributed by atoms with E-state index in [9.17, 15) is 0 Å². The Hall–Kier alpha value is 0.390. The van der Waals surface area contributed by atoms with E-state index in [1.165, 1.54) is 49.0 Å². The largest absolute Gasteiger partial charge is 1.00 e. The lowest BCUT2D eigenvalue weighted by Gasteiger charge is -2.35. The second-order valence-electron chi connectivity index (χ2n) is 6.38. The molecule has 0 aliphatic heterocycles. The zero-order valence-corrected chi connectivity index (χ0v) is 17.4. The number of nitrogens with zero attached hydrogens (tertiary/aromatic N) is 1. The van der Waals surface area contributed by atoms with Gasteiger partial charge in [-0.25, -0.2) is 0 Å². The Morgan fingerprint density at radius 2 is 1.57 bits per heavy atom. The van der Waals surface area contributed by atoms with Gasteiger partial charge in [0, 0.05) is 6.61 Å². The van der Waals surface area contributed by atoms with Gasteiger partial charge in [-0.05, 0) is 59.8 Å². The zero-order valence-electron chi connectivity index (χ0n) is 15.3. The second kappa shape index (κ2) is 14.0. The highest BCUT2D eigenvalue weighted by atomic mass is 127. The molecule has 1 atom stereocenters. The molecule has 0 aliphatic rings. The van der Waals surface area contributed by atoms with Crippen LogP contribution in [0.4, 0.5) is 0 Å². The fraction of sp³-hybridized carbons (Fsp3) is 0.889. The number of quaternary nitrogens is 1. The Kier molecular flexibility index (Phi) is 15.8. The normalized spacial score (nSPS) is 12.7. The van der Waals surface area contributed by atoms with Crippen LogP contribution in [0, 0.1) is 5.92 Å². The van der Waals surface area contributed by atoms with Crippen LogP contribution in [0.25, 0.3) is 0 Å². The van der Waals surface area contributed by atoms with Gasteiger partial charge in [0.1, 0.15) is 6.54 Å². The second-order valence-corrected chi connectivity index (χ2v) is 6.38. The smallest absolute Gasteiger partial charge is 0.102 e. The van der Waals surface area contributed by atoms with Crippen molar-refractivity contribution >= 4 is 0 Å². The lowest BCUT2D eigenvalue weighted by Crippen LogP contribution is -3.00. The van der Waals surface area contributed by atoms with Crippen LogP contribution in [0.15, 0.2) is 11.6 Å². The number of hydrogen-bond donors (Lipinski definition) is 0. The summed E-state index contributed by atoms with van der Waals surface area (Å²) in [7, 11) is 0. The molecule has 0 aromatic heterocycles. The molecule has 0 N–H and O–H groups in total. The molecule has 3 heteroatoms. The zero-order chi connectivity index (χ0) is 15.4. The first kappa shape index (κ1) is 23.7. The molecule has 0 rings (SSSR count). The van der Waals surface area contributed by atoms with Gasteiger partial charge in [-0.1, -0.05) is 18.6 Å². The molecule has 0 saturated carbocycles. The maximum absolute atomic E-state index is 5.86. The molecule has 0 fully saturated rings. The molecule has 0 bridgehead atoms. The first-order valence-corrected chi connectivity index (χ1v) is 8.55. The van der Waals surface area contributed by atoms with E-state index in [4.69, 9.17) is 4.74 Å². The fourth-order valence-corrected chi connectivity index (χ4v) is 2.59. The summed E-state index contributed by atoms with van der Waals surface area (Å²) in [5.74, 6) is 0.772. The lowest BCUT2D eigenvalue weighted by atomic mass is 10.0. The van der Waals surface area contributed by atoms with Gasteiger partial charge in [0.05, 0.1) is 26.2 Å². The van der Waals surface area contributed by atoms with Crippen molar-refractivity contribution in [1.29, 1.82) is 0 Å². The topological polar surface area (TPSA) is 9.23 Å². The van der Waals surface area contributed by atoms with Crippen molar-refractivity contribution in [2.75, 3.05) is 39.4 Å². The van der Waals surface area contributed by atoms with Crippen LogP contribution in [0.2, 0.25) is 0 Å². The van der Waals surface area contributed by atoms with Gasteiger partial charge in [-0.2, -0.15) is 0 Å². The van der Waals surface area contributed by atoms with Crippen molar-refractivity contribution in [3.05, 3.63) is 11.6 Å². The molecule has 0 radical (unpaired) electrons. The number of hydrogen-bond acceptors (Lipinski definition) is 1. The Balaban J connectivity index is 0. The summed E-state index contributed by atoms with van der Waals surface area (Å²) in [5, 5.41) is 0. The van der Waals surface area contributed by atoms with Crippen molar-refractivity contribution in [3.8, 4) is 0 Å². The van der Waals surface area contributed by atoms with E-state index < -0.39 is 0 Å². The molecule has 0 saturated heterocycles. The highest BCUT2D eigenvalue weighted by Gasteiger charge is 2.19. The Morgan fingerprint density at radius 3 is 2.05 bits per heavy atom. The van der Waals surface area contributed by atoms with Crippen LogP contribution < -0.4 is 24.0 Å². The van der Waals surface area contributed by atoms with Crippen molar-refractivity contribution in [2.24, 2.45) is 5.92 Å². The van der Waals surface area contributed by atoms with Crippen LogP contribution in [0.5, 0.6) is 0 Å². The van der Waals surface area contributed by atoms with Crippen molar-refractivity contribution in [3.63, 3.8) is 0 Å². The molecule has 2 nitrogen and oxygen atoms in total. The molecule has 1 unspecified atom stereocenters. The van der Waals surface area contributed by atoms with Gasteiger partial charge < -0.3 is 33.2 Å². The van der Waals surface area contributed by atoms with E-state index >= 15 is 0 Å². The minimum absolute atomic E-state index is 0. The highest BCUT2D eigenvalue weighted by molar-refractivity contribution is 4.92. The summed E-state index contributed by atoms with van der Waals surface area (Å²) < 4.78 is 7.05. The third kappa shape index (κ3) is 11.6. The van der Waals surface area contributed by atoms with Crippen LogP contribution in [-0.4, -0.2) is 43.9 Å². The molecule has 21 heavy (non-hydrogen) atoms. The maximum Gasteiger partial charge on any atom is 0.102 e. The number of allylic oxidation sites excluding steroid dienone is 2. The van der Waals surface area contributed by atoms with E-state index in [1.807, 2.05) is 0 Å². The van der Waals surface area contributed by atoms with Crippen LogP contribution in [0.3, 0.4) is 0 Å². The Morgan fingerprint density at radius 1 is 1.00 bits per heavy atom. The van der Waals surface area contributed by atoms with Gasteiger partial charge in [0.15, 0.2) is 0 Å². The highest BCUT2D eigenvalue weighted by Crippen LogP contribution is 2.12. The van der Waals surface area contributed by atoms with Gasteiger partial charge in [-0.3, -0.25) is 0 Å². The summed E-state index contributed by atoms with van der Waals surface area (Å²) >= 11 is 0. The lowest BCUT2D eigenvalue weighted by molar-refractivity contribution is -0.923. The number of ether oxygens (including phenoxy) is 1.